The van der Waals surface area contributed by atoms with Crippen LogP contribution in [-0.2, 0) is 0 Å². The Morgan fingerprint density at radius 2 is 1.80 bits per heavy atom. The number of hydrogen-bond donors (Lipinski definition) is 0. The standard InChI is InChI=1S/C17H8Cl2N2O3S/c18-10-8-13(21(22)23)11(19)7-9(10)14-5-6-15(24-14)17-20-12-3-1-2-4-16(12)25-17/h1-8H. The summed E-state index contributed by atoms with van der Waals surface area (Å²) >= 11 is 13.7. The summed E-state index contributed by atoms with van der Waals surface area (Å²) in [4.78, 5) is 14.9. The van der Waals surface area contributed by atoms with Gasteiger partial charge in [0.25, 0.3) is 5.69 Å². The molecule has 0 bridgehead atoms. The molecule has 0 saturated carbocycles. The smallest absolute Gasteiger partial charge is 0.289 e. The first-order chi connectivity index (χ1) is 12.0. The van der Waals surface area contributed by atoms with Gasteiger partial charge in [-0.05, 0) is 30.3 Å². The molecule has 0 amide bonds. The molecule has 0 unspecified atom stereocenters. The molecule has 0 radical (unpaired) electrons. The summed E-state index contributed by atoms with van der Waals surface area (Å²) in [6.45, 7) is 0. The van der Waals surface area contributed by atoms with Gasteiger partial charge in [0.1, 0.15) is 10.8 Å². The summed E-state index contributed by atoms with van der Waals surface area (Å²) in [6.07, 6.45) is 0. The zero-order valence-corrected chi connectivity index (χ0v) is 14.7. The number of para-hydroxylation sites is 1. The van der Waals surface area contributed by atoms with Gasteiger partial charge >= 0.3 is 0 Å². The first-order valence-electron chi connectivity index (χ1n) is 7.12. The molecule has 8 heteroatoms. The highest BCUT2D eigenvalue weighted by molar-refractivity contribution is 7.21. The van der Waals surface area contributed by atoms with Crippen LogP contribution < -0.4 is 0 Å². The van der Waals surface area contributed by atoms with E-state index in [4.69, 9.17) is 27.6 Å². The number of nitrogens with zero attached hydrogens (tertiary/aromatic N) is 2. The Hall–Kier alpha value is -2.41. The molecule has 0 spiro atoms. The molecular weight excluding hydrogens is 383 g/mol. The molecule has 0 fully saturated rings. The number of halogens is 2. The lowest BCUT2D eigenvalue weighted by Crippen LogP contribution is -1.90. The summed E-state index contributed by atoms with van der Waals surface area (Å²) in [5, 5.41) is 11.9. The third kappa shape index (κ3) is 2.89. The number of benzene rings is 2. The van der Waals surface area contributed by atoms with E-state index in [1.165, 1.54) is 23.5 Å². The molecule has 0 N–H and O–H groups in total. The second-order valence-corrected chi connectivity index (χ2v) is 7.04. The normalized spacial score (nSPS) is 11.1. The molecule has 4 rings (SSSR count). The molecular formula is C17H8Cl2N2O3S. The van der Waals surface area contributed by atoms with Crippen molar-refractivity contribution in [1.82, 2.24) is 4.98 Å². The van der Waals surface area contributed by atoms with Gasteiger partial charge in [0.2, 0.25) is 0 Å². The topological polar surface area (TPSA) is 69.2 Å². The van der Waals surface area contributed by atoms with Gasteiger partial charge in [-0.1, -0.05) is 35.3 Å². The summed E-state index contributed by atoms with van der Waals surface area (Å²) in [5.41, 5.74) is 1.15. The molecule has 0 aliphatic heterocycles. The van der Waals surface area contributed by atoms with Crippen molar-refractivity contribution >= 4 is 50.4 Å². The molecule has 25 heavy (non-hydrogen) atoms. The lowest BCUT2D eigenvalue weighted by Gasteiger charge is -2.03. The summed E-state index contributed by atoms with van der Waals surface area (Å²) < 4.78 is 6.92. The van der Waals surface area contributed by atoms with Crippen molar-refractivity contribution < 1.29 is 9.34 Å². The maximum Gasteiger partial charge on any atom is 0.289 e. The van der Waals surface area contributed by atoms with Gasteiger partial charge in [-0.2, -0.15) is 0 Å². The average Bonchev–Trinajstić information content (AvgIpc) is 3.22. The van der Waals surface area contributed by atoms with Gasteiger partial charge in [-0.3, -0.25) is 10.1 Å². The molecule has 4 aromatic rings. The number of fused-ring (bicyclic) bond motifs is 1. The van der Waals surface area contributed by atoms with Gasteiger partial charge in [0.05, 0.1) is 20.2 Å². The van der Waals surface area contributed by atoms with E-state index in [1.54, 1.807) is 12.1 Å². The Bertz CT molecular complexity index is 1090. The lowest BCUT2D eigenvalue weighted by atomic mass is 10.1. The van der Waals surface area contributed by atoms with Gasteiger partial charge in [-0.25, -0.2) is 4.98 Å². The fourth-order valence-corrected chi connectivity index (χ4v) is 3.85. The molecule has 5 nitrogen and oxygen atoms in total. The van der Waals surface area contributed by atoms with E-state index in [0.29, 0.717) is 17.1 Å². The second kappa shape index (κ2) is 6.15. The molecule has 0 aliphatic carbocycles. The van der Waals surface area contributed by atoms with Crippen molar-refractivity contribution in [2.45, 2.75) is 0 Å². The highest BCUT2D eigenvalue weighted by Gasteiger charge is 2.19. The SMILES string of the molecule is O=[N+]([O-])c1cc(Cl)c(-c2ccc(-c3nc4ccccc4s3)o2)cc1Cl. The van der Waals surface area contributed by atoms with Crippen LogP contribution >= 0.6 is 34.5 Å². The van der Waals surface area contributed by atoms with Crippen LogP contribution in [0.2, 0.25) is 10.0 Å². The van der Waals surface area contributed by atoms with Crippen molar-refractivity contribution in [3.63, 3.8) is 0 Å². The first kappa shape index (κ1) is 16.1. The highest BCUT2D eigenvalue weighted by Crippen LogP contribution is 2.39. The number of thiazole rings is 1. The Balaban J connectivity index is 1.76. The number of nitro benzene ring substituents is 1. The number of furan rings is 1. The van der Waals surface area contributed by atoms with Gasteiger partial charge in [0.15, 0.2) is 10.8 Å². The van der Waals surface area contributed by atoms with Crippen molar-refractivity contribution in [3.8, 4) is 22.1 Å². The van der Waals surface area contributed by atoms with Crippen molar-refractivity contribution in [2.75, 3.05) is 0 Å². The molecule has 0 saturated heterocycles. The van der Waals surface area contributed by atoms with E-state index in [1.807, 2.05) is 24.3 Å². The molecule has 2 aromatic heterocycles. The van der Waals surface area contributed by atoms with Crippen molar-refractivity contribution in [1.29, 1.82) is 0 Å². The van der Waals surface area contributed by atoms with E-state index in [9.17, 15) is 10.1 Å². The third-order valence-electron chi connectivity index (χ3n) is 3.61. The Morgan fingerprint density at radius 1 is 1.04 bits per heavy atom. The second-order valence-electron chi connectivity index (χ2n) is 5.19. The number of hydrogen-bond acceptors (Lipinski definition) is 5. The summed E-state index contributed by atoms with van der Waals surface area (Å²) in [6, 6.07) is 14.0. The van der Waals surface area contributed by atoms with Crippen LogP contribution in [0.1, 0.15) is 0 Å². The summed E-state index contributed by atoms with van der Waals surface area (Å²) in [7, 11) is 0. The third-order valence-corrected chi connectivity index (χ3v) is 5.28. The van der Waals surface area contributed by atoms with Crippen LogP contribution in [0.4, 0.5) is 5.69 Å². The van der Waals surface area contributed by atoms with Crippen LogP contribution in [0, 0.1) is 10.1 Å². The van der Waals surface area contributed by atoms with Gasteiger partial charge in [-0.15, -0.1) is 11.3 Å². The Morgan fingerprint density at radius 3 is 2.56 bits per heavy atom. The minimum atomic E-state index is -0.577. The Kier molecular flexibility index (Phi) is 3.95. The molecule has 0 atom stereocenters. The largest absolute Gasteiger partial charge is 0.454 e. The van der Waals surface area contributed by atoms with Crippen molar-refractivity contribution in [3.05, 3.63) is 68.7 Å². The zero-order chi connectivity index (χ0) is 17.6. The van der Waals surface area contributed by atoms with Gasteiger partial charge in [0, 0.05) is 11.6 Å². The van der Waals surface area contributed by atoms with E-state index in [0.717, 1.165) is 15.2 Å². The molecule has 0 aliphatic rings. The fourth-order valence-electron chi connectivity index (χ4n) is 2.44. The molecule has 2 heterocycles. The Labute approximate surface area is 155 Å². The number of rotatable bonds is 3. The minimum absolute atomic E-state index is 0.00216. The predicted molar refractivity (Wildman–Crippen MR) is 99.4 cm³/mol. The maximum absolute atomic E-state index is 10.9. The highest BCUT2D eigenvalue weighted by atomic mass is 35.5. The number of nitro groups is 1. The monoisotopic (exact) mass is 390 g/mol. The van der Waals surface area contributed by atoms with E-state index < -0.39 is 4.92 Å². The van der Waals surface area contributed by atoms with E-state index in [2.05, 4.69) is 4.98 Å². The maximum atomic E-state index is 10.9. The van der Waals surface area contributed by atoms with E-state index >= 15 is 0 Å². The minimum Gasteiger partial charge on any atom is -0.454 e. The fraction of sp³-hybridized carbons (Fsp3) is 0. The quantitative estimate of drug-likeness (QED) is 0.298. The lowest BCUT2D eigenvalue weighted by molar-refractivity contribution is -0.384. The predicted octanol–water partition coefficient (Wildman–Crippen LogP) is 6.44. The van der Waals surface area contributed by atoms with Crippen LogP contribution in [-0.4, -0.2) is 9.91 Å². The van der Waals surface area contributed by atoms with Crippen LogP contribution in [0.15, 0.2) is 52.9 Å². The zero-order valence-electron chi connectivity index (χ0n) is 12.4. The molecule has 124 valence electrons. The number of aromatic nitrogens is 1. The van der Waals surface area contributed by atoms with Crippen LogP contribution in [0.5, 0.6) is 0 Å². The first-order valence-corrected chi connectivity index (χ1v) is 8.70. The summed E-state index contributed by atoms with van der Waals surface area (Å²) in [5.74, 6) is 1.07. The van der Waals surface area contributed by atoms with Crippen LogP contribution in [0.25, 0.3) is 32.3 Å². The van der Waals surface area contributed by atoms with Crippen molar-refractivity contribution in [2.24, 2.45) is 0 Å². The average molecular weight is 391 g/mol. The van der Waals surface area contributed by atoms with Crippen LogP contribution in [0.3, 0.4) is 0 Å². The van der Waals surface area contributed by atoms with Gasteiger partial charge < -0.3 is 4.42 Å². The van der Waals surface area contributed by atoms with E-state index in [-0.39, 0.29) is 15.7 Å². The molecule has 2 aromatic carbocycles.